The van der Waals surface area contributed by atoms with Crippen molar-refractivity contribution < 1.29 is 23.2 Å². The van der Waals surface area contributed by atoms with E-state index in [0.717, 1.165) is 0 Å². The van der Waals surface area contributed by atoms with Crippen molar-refractivity contribution in [2.24, 2.45) is 0 Å². The number of benzene rings is 2. The van der Waals surface area contributed by atoms with Gasteiger partial charge in [0, 0.05) is 43.4 Å². The molecule has 0 aliphatic carbocycles. The molecule has 2 aromatic rings. The maximum atomic E-state index is 12.9. The Bertz CT molecular complexity index is 1080. The zero-order valence-corrected chi connectivity index (χ0v) is 16.8. The Morgan fingerprint density at radius 3 is 2.38 bits per heavy atom. The lowest BCUT2D eigenvalue weighted by Crippen LogP contribution is -2.50. The van der Waals surface area contributed by atoms with Crippen LogP contribution in [0.1, 0.15) is 21.5 Å². The summed E-state index contributed by atoms with van der Waals surface area (Å²) in [5.41, 5.74) is 1.08. The summed E-state index contributed by atoms with van der Waals surface area (Å²) < 4.78 is 27.0. The fourth-order valence-corrected chi connectivity index (χ4v) is 4.91. The molecule has 0 saturated carbocycles. The number of carbonyl (C=O) groups excluding carboxylic acids is 1. The minimum atomic E-state index is -3.90. The Morgan fingerprint density at radius 2 is 1.76 bits per heavy atom. The Hall–Kier alpha value is -2.98. The molecule has 1 fully saturated rings. The molecule has 1 aliphatic heterocycles. The van der Waals surface area contributed by atoms with Gasteiger partial charge in [-0.05, 0) is 37.6 Å². The fourth-order valence-electron chi connectivity index (χ4n) is 3.32. The quantitative estimate of drug-likeness (QED) is 0.598. The summed E-state index contributed by atoms with van der Waals surface area (Å²) in [4.78, 5) is 24.7. The standard InChI is InChI=1S/C19H21N3O6S/c1-13-6-7-17(23)18(12-13)29(27,28)21-10-8-20(9-11-21)19(24)15-4-3-5-16(14(15)2)22(25)26/h3-7,12,23H,8-11H2,1-2H3. The Kier molecular flexibility index (Phi) is 5.58. The second-order valence-electron chi connectivity index (χ2n) is 6.87. The van der Waals surface area contributed by atoms with E-state index in [1.165, 1.54) is 46.5 Å². The van der Waals surface area contributed by atoms with Gasteiger partial charge in [0.25, 0.3) is 11.6 Å². The van der Waals surface area contributed by atoms with Crippen LogP contribution in [0.2, 0.25) is 0 Å². The highest BCUT2D eigenvalue weighted by atomic mass is 32.2. The maximum Gasteiger partial charge on any atom is 0.273 e. The highest BCUT2D eigenvalue weighted by Gasteiger charge is 2.33. The third-order valence-electron chi connectivity index (χ3n) is 4.99. The van der Waals surface area contributed by atoms with Gasteiger partial charge in [-0.3, -0.25) is 14.9 Å². The van der Waals surface area contributed by atoms with Crippen molar-refractivity contribution in [1.82, 2.24) is 9.21 Å². The van der Waals surface area contributed by atoms with Crippen LogP contribution >= 0.6 is 0 Å². The molecule has 9 nitrogen and oxygen atoms in total. The molecule has 1 N–H and O–H groups in total. The molecule has 2 aromatic carbocycles. The van der Waals surface area contributed by atoms with Gasteiger partial charge in [-0.25, -0.2) is 8.42 Å². The molecular weight excluding hydrogens is 398 g/mol. The van der Waals surface area contributed by atoms with Crippen molar-refractivity contribution in [1.29, 1.82) is 0 Å². The smallest absolute Gasteiger partial charge is 0.273 e. The van der Waals surface area contributed by atoms with Crippen molar-refractivity contribution in [2.45, 2.75) is 18.7 Å². The lowest BCUT2D eigenvalue weighted by Gasteiger charge is -2.34. The molecule has 10 heteroatoms. The van der Waals surface area contributed by atoms with Gasteiger partial charge in [-0.2, -0.15) is 4.31 Å². The average molecular weight is 419 g/mol. The van der Waals surface area contributed by atoms with Crippen molar-refractivity contribution in [3.05, 3.63) is 63.2 Å². The summed E-state index contributed by atoms with van der Waals surface area (Å²) >= 11 is 0. The number of piperazine rings is 1. The number of amides is 1. The lowest BCUT2D eigenvalue weighted by molar-refractivity contribution is -0.385. The number of nitro benzene ring substituents is 1. The number of hydrogen-bond acceptors (Lipinski definition) is 6. The Balaban J connectivity index is 1.77. The van der Waals surface area contributed by atoms with Crippen molar-refractivity contribution in [3.63, 3.8) is 0 Å². The molecule has 0 aromatic heterocycles. The van der Waals surface area contributed by atoms with Crippen LogP contribution in [0.4, 0.5) is 5.69 Å². The second-order valence-corrected chi connectivity index (χ2v) is 8.78. The third kappa shape index (κ3) is 3.94. The third-order valence-corrected chi connectivity index (χ3v) is 6.92. The summed E-state index contributed by atoms with van der Waals surface area (Å²) in [6, 6.07) is 8.69. The van der Waals surface area contributed by atoms with Crippen LogP contribution in [0, 0.1) is 24.0 Å². The molecule has 0 bridgehead atoms. The van der Waals surface area contributed by atoms with Crippen LogP contribution in [0.25, 0.3) is 0 Å². The van der Waals surface area contributed by atoms with Gasteiger partial charge < -0.3 is 10.0 Å². The highest BCUT2D eigenvalue weighted by Crippen LogP contribution is 2.28. The minimum Gasteiger partial charge on any atom is -0.507 e. The Labute approximate surface area is 168 Å². The van der Waals surface area contributed by atoms with Crippen molar-refractivity contribution in [2.75, 3.05) is 26.2 Å². The molecule has 0 radical (unpaired) electrons. The van der Waals surface area contributed by atoms with Crippen molar-refractivity contribution >= 4 is 21.6 Å². The number of nitrogens with zero attached hydrogens (tertiary/aromatic N) is 3. The van der Waals surface area contributed by atoms with Gasteiger partial charge in [-0.15, -0.1) is 0 Å². The second kappa shape index (κ2) is 7.80. The van der Waals surface area contributed by atoms with E-state index in [0.29, 0.717) is 5.56 Å². The number of phenols is 1. The van der Waals surface area contributed by atoms with E-state index < -0.39 is 14.9 Å². The number of rotatable bonds is 4. The summed E-state index contributed by atoms with van der Waals surface area (Å²) in [6.07, 6.45) is 0. The van der Waals surface area contributed by atoms with E-state index in [4.69, 9.17) is 0 Å². The zero-order chi connectivity index (χ0) is 21.3. The molecule has 0 atom stereocenters. The first-order chi connectivity index (χ1) is 13.6. The SMILES string of the molecule is Cc1ccc(O)c(S(=O)(=O)N2CCN(C(=O)c3cccc([N+](=O)[O-])c3C)CC2)c1. The summed E-state index contributed by atoms with van der Waals surface area (Å²) in [5, 5.41) is 21.1. The molecule has 1 aliphatic rings. The van der Waals surface area contributed by atoms with Gasteiger partial charge in [-0.1, -0.05) is 12.1 Å². The van der Waals surface area contributed by atoms with Crippen LogP contribution in [0.5, 0.6) is 5.75 Å². The first-order valence-corrected chi connectivity index (χ1v) is 10.4. The van der Waals surface area contributed by atoms with E-state index in [1.807, 2.05) is 0 Å². The molecule has 0 spiro atoms. The van der Waals surface area contributed by atoms with E-state index in [-0.39, 0.29) is 59.5 Å². The van der Waals surface area contributed by atoms with E-state index >= 15 is 0 Å². The minimum absolute atomic E-state index is 0.0649. The molecule has 3 rings (SSSR count). The number of aromatic hydroxyl groups is 1. The van der Waals surface area contributed by atoms with Crippen LogP contribution < -0.4 is 0 Å². The number of nitro groups is 1. The van der Waals surface area contributed by atoms with E-state index in [2.05, 4.69) is 0 Å². The first-order valence-electron chi connectivity index (χ1n) is 8.96. The van der Waals surface area contributed by atoms with Crippen molar-refractivity contribution in [3.8, 4) is 5.75 Å². The largest absolute Gasteiger partial charge is 0.507 e. The molecule has 154 valence electrons. The van der Waals surface area contributed by atoms with Crippen LogP contribution in [0.15, 0.2) is 41.3 Å². The summed E-state index contributed by atoms with van der Waals surface area (Å²) in [6.45, 7) is 3.67. The van der Waals surface area contributed by atoms with Gasteiger partial charge in [0.2, 0.25) is 10.0 Å². The molecule has 1 saturated heterocycles. The molecule has 29 heavy (non-hydrogen) atoms. The topological polar surface area (TPSA) is 121 Å². The summed E-state index contributed by atoms with van der Waals surface area (Å²) in [7, 11) is -3.90. The Morgan fingerprint density at radius 1 is 1.10 bits per heavy atom. The molecule has 1 heterocycles. The highest BCUT2D eigenvalue weighted by molar-refractivity contribution is 7.89. The number of hydrogen-bond donors (Lipinski definition) is 1. The van der Waals surface area contributed by atoms with E-state index in [9.17, 15) is 28.4 Å². The van der Waals surface area contributed by atoms with Gasteiger partial charge >= 0.3 is 0 Å². The fraction of sp³-hybridized carbons (Fsp3) is 0.316. The summed E-state index contributed by atoms with van der Waals surface area (Å²) in [5.74, 6) is -0.692. The zero-order valence-electron chi connectivity index (χ0n) is 16.0. The predicted octanol–water partition coefficient (Wildman–Crippen LogP) is 2.06. The molecule has 1 amide bonds. The van der Waals surface area contributed by atoms with Gasteiger partial charge in [0.05, 0.1) is 4.92 Å². The molecular formula is C19H21N3O6S. The number of carbonyl (C=O) groups is 1. The lowest BCUT2D eigenvalue weighted by atomic mass is 10.1. The van der Waals surface area contributed by atoms with Crippen LogP contribution in [0.3, 0.4) is 0 Å². The number of phenolic OH excluding ortho intramolecular Hbond substituents is 1. The number of sulfonamides is 1. The maximum absolute atomic E-state index is 12.9. The number of aryl methyl sites for hydroxylation is 1. The van der Waals surface area contributed by atoms with Crippen LogP contribution in [-0.4, -0.2) is 59.7 Å². The average Bonchev–Trinajstić information content (AvgIpc) is 2.69. The monoisotopic (exact) mass is 419 g/mol. The predicted molar refractivity (Wildman–Crippen MR) is 105 cm³/mol. The van der Waals surface area contributed by atoms with E-state index in [1.54, 1.807) is 13.0 Å². The normalized spacial score (nSPS) is 15.3. The van der Waals surface area contributed by atoms with Gasteiger partial charge in [0.1, 0.15) is 10.6 Å². The van der Waals surface area contributed by atoms with Crippen LogP contribution in [-0.2, 0) is 10.0 Å². The molecule has 0 unspecified atom stereocenters. The van der Waals surface area contributed by atoms with Gasteiger partial charge in [0.15, 0.2) is 0 Å². The first kappa shape index (κ1) is 20.7.